The van der Waals surface area contributed by atoms with Crippen molar-refractivity contribution in [1.82, 2.24) is 10.2 Å². The molecule has 2 rings (SSSR count). The van der Waals surface area contributed by atoms with Crippen LogP contribution in [0.2, 0.25) is 5.02 Å². The van der Waals surface area contributed by atoms with Crippen LogP contribution in [-0.2, 0) is 4.79 Å². The molecule has 0 aliphatic carbocycles. The Bertz CT molecular complexity index is 583. The highest BCUT2D eigenvalue weighted by Gasteiger charge is 2.15. The Hall–Kier alpha value is -2.01. The zero-order valence-electron chi connectivity index (χ0n) is 10.6. The van der Waals surface area contributed by atoms with Crippen LogP contribution in [0.3, 0.4) is 0 Å². The highest BCUT2D eigenvalue weighted by Crippen LogP contribution is 2.18. The molecule has 1 atom stereocenters. The van der Waals surface area contributed by atoms with E-state index in [0.717, 1.165) is 5.69 Å². The van der Waals surface area contributed by atoms with Crippen LogP contribution in [0, 0.1) is 6.92 Å². The normalized spacial score (nSPS) is 11.9. The molecule has 0 saturated carbocycles. The number of aromatic nitrogens is 2. The van der Waals surface area contributed by atoms with Crippen molar-refractivity contribution in [3.63, 3.8) is 0 Å². The van der Waals surface area contributed by atoms with Gasteiger partial charge in [-0.3, -0.25) is 9.89 Å². The number of carbonyl (C=O) groups is 1. The molecule has 0 spiro atoms. The maximum absolute atomic E-state index is 11.9. The smallest absolute Gasteiger partial charge is 0.266 e. The third-order valence-electron chi connectivity index (χ3n) is 2.44. The van der Waals surface area contributed by atoms with E-state index >= 15 is 0 Å². The second kappa shape index (κ2) is 5.75. The molecule has 2 N–H and O–H groups in total. The van der Waals surface area contributed by atoms with Crippen LogP contribution in [0.25, 0.3) is 0 Å². The van der Waals surface area contributed by atoms with Gasteiger partial charge in [0.05, 0.1) is 0 Å². The van der Waals surface area contributed by atoms with Gasteiger partial charge in [-0.1, -0.05) is 17.7 Å². The Morgan fingerprint density at radius 2 is 2.26 bits per heavy atom. The van der Waals surface area contributed by atoms with E-state index in [1.807, 2.05) is 6.92 Å². The fourth-order valence-corrected chi connectivity index (χ4v) is 1.69. The summed E-state index contributed by atoms with van der Waals surface area (Å²) in [6.07, 6.45) is -0.643. The van der Waals surface area contributed by atoms with Crippen LogP contribution in [0.4, 0.5) is 5.82 Å². The average molecular weight is 280 g/mol. The molecule has 0 saturated heterocycles. The lowest BCUT2D eigenvalue weighted by atomic mass is 10.3. The Kier molecular flexibility index (Phi) is 4.06. The monoisotopic (exact) mass is 279 g/mol. The van der Waals surface area contributed by atoms with E-state index in [1.165, 1.54) is 0 Å². The second-order valence-electron chi connectivity index (χ2n) is 4.14. The SMILES string of the molecule is Cc1cc(NC(=O)C(C)Oc2cccc(Cl)c2)n[nH]1. The van der Waals surface area contributed by atoms with Gasteiger partial charge in [-0.25, -0.2) is 0 Å². The summed E-state index contributed by atoms with van der Waals surface area (Å²) in [6, 6.07) is 8.65. The summed E-state index contributed by atoms with van der Waals surface area (Å²) in [7, 11) is 0. The molecule has 100 valence electrons. The number of hydrogen-bond donors (Lipinski definition) is 2. The van der Waals surface area contributed by atoms with E-state index in [0.29, 0.717) is 16.6 Å². The molecule has 0 fully saturated rings. The van der Waals surface area contributed by atoms with Gasteiger partial charge in [0.1, 0.15) is 5.75 Å². The molecule has 1 heterocycles. The molecule has 5 nitrogen and oxygen atoms in total. The fraction of sp³-hybridized carbons (Fsp3) is 0.231. The zero-order chi connectivity index (χ0) is 13.8. The van der Waals surface area contributed by atoms with Crippen molar-refractivity contribution in [3.8, 4) is 5.75 Å². The van der Waals surface area contributed by atoms with Gasteiger partial charge in [-0.15, -0.1) is 0 Å². The summed E-state index contributed by atoms with van der Waals surface area (Å²) in [5.41, 5.74) is 0.874. The van der Waals surface area contributed by atoms with Crippen molar-refractivity contribution in [3.05, 3.63) is 41.0 Å². The summed E-state index contributed by atoms with van der Waals surface area (Å²) in [4.78, 5) is 11.9. The number of aryl methyl sites for hydroxylation is 1. The summed E-state index contributed by atoms with van der Waals surface area (Å²) >= 11 is 5.85. The van der Waals surface area contributed by atoms with E-state index < -0.39 is 6.10 Å². The average Bonchev–Trinajstić information content (AvgIpc) is 2.74. The van der Waals surface area contributed by atoms with Crippen molar-refractivity contribution < 1.29 is 9.53 Å². The molecule has 0 bridgehead atoms. The third-order valence-corrected chi connectivity index (χ3v) is 2.67. The number of ether oxygens (including phenoxy) is 1. The molecule has 1 amide bonds. The summed E-state index contributed by atoms with van der Waals surface area (Å²) in [6.45, 7) is 3.52. The van der Waals surface area contributed by atoms with Gasteiger partial charge in [-0.05, 0) is 32.0 Å². The van der Waals surface area contributed by atoms with E-state index in [9.17, 15) is 4.79 Å². The number of rotatable bonds is 4. The molecule has 2 aromatic rings. The van der Waals surface area contributed by atoms with Crippen molar-refractivity contribution in [2.45, 2.75) is 20.0 Å². The minimum Gasteiger partial charge on any atom is -0.481 e. The topological polar surface area (TPSA) is 67.0 Å². The molecule has 0 aliphatic rings. The lowest BCUT2D eigenvalue weighted by molar-refractivity contribution is -0.122. The maximum Gasteiger partial charge on any atom is 0.266 e. The number of nitrogens with zero attached hydrogens (tertiary/aromatic N) is 1. The third kappa shape index (κ3) is 3.72. The minimum absolute atomic E-state index is 0.272. The van der Waals surface area contributed by atoms with Gasteiger partial charge in [-0.2, -0.15) is 5.10 Å². The molecule has 1 unspecified atom stereocenters. The number of carbonyl (C=O) groups excluding carboxylic acids is 1. The van der Waals surface area contributed by atoms with Crippen molar-refractivity contribution in [2.75, 3.05) is 5.32 Å². The summed E-state index contributed by atoms with van der Waals surface area (Å²) < 4.78 is 5.50. The van der Waals surface area contributed by atoms with Crippen LogP contribution < -0.4 is 10.1 Å². The number of amides is 1. The molecular formula is C13H14ClN3O2. The first-order valence-electron chi connectivity index (χ1n) is 5.79. The summed E-state index contributed by atoms with van der Waals surface area (Å²) in [5.74, 6) is 0.754. The Morgan fingerprint density at radius 1 is 1.47 bits per heavy atom. The highest BCUT2D eigenvalue weighted by atomic mass is 35.5. The quantitative estimate of drug-likeness (QED) is 0.904. The number of anilines is 1. The molecule has 0 aliphatic heterocycles. The molecule has 0 radical (unpaired) electrons. The highest BCUT2D eigenvalue weighted by molar-refractivity contribution is 6.30. The Balaban J connectivity index is 1.96. The maximum atomic E-state index is 11.9. The van der Waals surface area contributed by atoms with Crippen molar-refractivity contribution >= 4 is 23.3 Å². The van der Waals surface area contributed by atoms with Crippen molar-refractivity contribution in [2.24, 2.45) is 0 Å². The predicted molar refractivity (Wildman–Crippen MR) is 73.5 cm³/mol. The fourth-order valence-electron chi connectivity index (χ4n) is 1.51. The molecule has 6 heteroatoms. The van der Waals surface area contributed by atoms with E-state index in [-0.39, 0.29) is 5.91 Å². The van der Waals surface area contributed by atoms with Crippen LogP contribution in [-0.4, -0.2) is 22.2 Å². The van der Waals surface area contributed by atoms with Gasteiger partial charge in [0.15, 0.2) is 11.9 Å². The van der Waals surface area contributed by atoms with Gasteiger partial charge in [0.2, 0.25) is 0 Å². The van der Waals surface area contributed by atoms with Gasteiger partial charge in [0, 0.05) is 16.8 Å². The number of aromatic amines is 1. The molecule has 19 heavy (non-hydrogen) atoms. The molecule has 1 aromatic heterocycles. The first-order valence-corrected chi connectivity index (χ1v) is 6.17. The zero-order valence-corrected chi connectivity index (χ0v) is 11.4. The van der Waals surface area contributed by atoms with Gasteiger partial charge >= 0.3 is 0 Å². The summed E-state index contributed by atoms with van der Waals surface area (Å²) in [5, 5.41) is 9.89. The van der Waals surface area contributed by atoms with E-state index in [4.69, 9.17) is 16.3 Å². The Morgan fingerprint density at radius 3 is 2.89 bits per heavy atom. The lowest BCUT2D eigenvalue weighted by Crippen LogP contribution is -2.30. The second-order valence-corrected chi connectivity index (χ2v) is 4.58. The largest absolute Gasteiger partial charge is 0.481 e. The van der Waals surface area contributed by atoms with Crippen LogP contribution in [0.1, 0.15) is 12.6 Å². The first kappa shape index (κ1) is 13.4. The number of benzene rings is 1. The van der Waals surface area contributed by atoms with E-state index in [1.54, 1.807) is 37.3 Å². The van der Waals surface area contributed by atoms with Crippen molar-refractivity contribution in [1.29, 1.82) is 0 Å². The van der Waals surface area contributed by atoms with E-state index in [2.05, 4.69) is 15.5 Å². The number of halogens is 1. The minimum atomic E-state index is -0.643. The van der Waals surface area contributed by atoms with Crippen LogP contribution >= 0.6 is 11.6 Å². The standard InChI is InChI=1S/C13H14ClN3O2/c1-8-6-12(17-16-8)15-13(18)9(2)19-11-5-3-4-10(14)7-11/h3-7,9H,1-2H3,(H2,15,16,17,18). The first-order chi connectivity index (χ1) is 9.04. The Labute approximate surface area is 115 Å². The van der Waals surface area contributed by atoms with Crippen LogP contribution in [0.15, 0.2) is 30.3 Å². The van der Waals surface area contributed by atoms with Gasteiger partial charge < -0.3 is 10.1 Å². The molecule has 1 aromatic carbocycles. The molecular weight excluding hydrogens is 266 g/mol. The van der Waals surface area contributed by atoms with Crippen LogP contribution in [0.5, 0.6) is 5.75 Å². The predicted octanol–water partition coefficient (Wildman–Crippen LogP) is 2.78. The number of hydrogen-bond acceptors (Lipinski definition) is 3. The number of nitrogens with one attached hydrogen (secondary N) is 2. The number of H-pyrrole nitrogens is 1. The van der Waals surface area contributed by atoms with Gasteiger partial charge in [0.25, 0.3) is 5.91 Å². The lowest BCUT2D eigenvalue weighted by Gasteiger charge is -2.13.